The van der Waals surface area contributed by atoms with Crippen molar-refractivity contribution in [1.82, 2.24) is 9.88 Å². The van der Waals surface area contributed by atoms with Crippen molar-refractivity contribution < 1.29 is 0 Å². The zero-order valence-corrected chi connectivity index (χ0v) is 11.2. The van der Waals surface area contributed by atoms with E-state index < -0.39 is 0 Å². The minimum atomic E-state index is 0.267. The molecule has 1 aliphatic carbocycles. The van der Waals surface area contributed by atoms with E-state index in [1.807, 2.05) is 0 Å². The second-order valence-electron chi connectivity index (χ2n) is 5.40. The first-order valence-electron chi connectivity index (χ1n) is 6.69. The summed E-state index contributed by atoms with van der Waals surface area (Å²) in [5, 5.41) is 3.39. The minimum Gasteiger partial charge on any atom is -0.326 e. The molecule has 0 bridgehead atoms. The standard InChI is InChI=1S/C13H21N3S/c1-9-8-17-13(15-9)12-11(14)4-2-3-7-16(12)10-5-6-10/h8,10-12H,2-7,14H2,1H3. The molecule has 4 heteroatoms. The quantitative estimate of drug-likeness (QED) is 0.878. The normalized spacial score (nSPS) is 31.4. The largest absolute Gasteiger partial charge is 0.326 e. The third-order valence-electron chi connectivity index (χ3n) is 3.87. The summed E-state index contributed by atoms with van der Waals surface area (Å²) in [7, 11) is 0. The number of nitrogens with two attached hydrogens (primary N) is 1. The lowest BCUT2D eigenvalue weighted by Gasteiger charge is -2.31. The summed E-state index contributed by atoms with van der Waals surface area (Å²) in [5.41, 5.74) is 7.54. The number of aromatic nitrogens is 1. The van der Waals surface area contributed by atoms with E-state index in [1.54, 1.807) is 11.3 Å². The van der Waals surface area contributed by atoms with Crippen LogP contribution in [-0.4, -0.2) is 28.5 Å². The molecule has 1 aromatic heterocycles. The van der Waals surface area contributed by atoms with E-state index in [0.717, 1.165) is 18.2 Å². The summed E-state index contributed by atoms with van der Waals surface area (Å²) in [4.78, 5) is 7.32. The van der Waals surface area contributed by atoms with Gasteiger partial charge >= 0.3 is 0 Å². The number of hydrogen-bond donors (Lipinski definition) is 1. The van der Waals surface area contributed by atoms with Crippen molar-refractivity contribution in [1.29, 1.82) is 0 Å². The van der Waals surface area contributed by atoms with Crippen molar-refractivity contribution in [2.75, 3.05) is 6.54 Å². The van der Waals surface area contributed by atoms with Crippen molar-refractivity contribution >= 4 is 11.3 Å². The van der Waals surface area contributed by atoms with Crippen molar-refractivity contribution in [2.24, 2.45) is 5.73 Å². The van der Waals surface area contributed by atoms with Crippen molar-refractivity contribution in [3.63, 3.8) is 0 Å². The van der Waals surface area contributed by atoms with Crippen LogP contribution in [0.5, 0.6) is 0 Å². The summed E-state index contributed by atoms with van der Waals surface area (Å²) in [6, 6.07) is 1.43. The molecule has 3 rings (SSSR count). The van der Waals surface area contributed by atoms with Crippen LogP contribution in [0.3, 0.4) is 0 Å². The smallest absolute Gasteiger partial charge is 0.112 e. The zero-order valence-electron chi connectivity index (χ0n) is 10.4. The lowest BCUT2D eigenvalue weighted by molar-refractivity contribution is 0.175. The van der Waals surface area contributed by atoms with Crippen LogP contribution >= 0.6 is 11.3 Å². The van der Waals surface area contributed by atoms with Crippen LogP contribution in [0.2, 0.25) is 0 Å². The van der Waals surface area contributed by atoms with E-state index in [0.29, 0.717) is 6.04 Å². The van der Waals surface area contributed by atoms with Crippen LogP contribution in [0.1, 0.15) is 48.8 Å². The molecule has 2 unspecified atom stereocenters. The Balaban J connectivity index is 1.89. The van der Waals surface area contributed by atoms with Gasteiger partial charge < -0.3 is 5.73 Å². The molecule has 0 radical (unpaired) electrons. The first kappa shape index (κ1) is 11.6. The summed E-state index contributed by atoms with van der Waals surface area (Å²) in [6.07, 6.45) is 6.42. The molecule has 94 valence electrons. The average molecular weight is 251 g/mol. The lowest BCUT2D eigenvalue weighted by Crippen LogP contribution is -2.41. The molecule has 2 heterocycles. The van der Waals surface area contributed by atoms with Crippen molar-refractivity contribution in [2.45, 2.75) is 57.2 Å². The van der Waals surface area contributed by atoms with Gasteiger partial charge in [0.05, 0.1) is 6.04 Å². The van der Waals surface area contributed by atoms with E-state index in [1.165, 1.54) is 37.2 Å². The lowest BCUT2D eigenvalue weighted by atomic mass is 10.0. The Bertz CT molecular complexity index is 386. The van der Waals surface area contributed by atoms with Gasteiger partial charge in [-0.1, -0.05) is 6.42 Å². The molecule has 1 aliphatic heterocycles. The maximum Gasteiger partial charge on any atom is 0.112 e. The maximum absolute atomic E-state index is 6.40. The van der Waals surface area contributed by atoms with Gasteiger partial charge in [0.15, 0.2) is 0 Å². The Morgan fingerprint density at radius 3 is 2.82 bits per heavy atom. The molecule has 2 aliphatic rings. The molecular weight excluding hydrogens is 230 g/mol. The third-order valence-corrected chi connectivity index (χ3v) is 4.91. The van der Waals surface area contributed by atoms with E-state index in [-0.39, 0.29) is 6.04 Å². The molecule has 0 aromatic carbocycles. The number of hydrogen-bond acceptors (Lipinski definition) is 4. The monoisotopic (exact) mass is 251 g/mol. The van der Waals surface area contributed by atoms with Gasteiger partial charge in [-0.15, -0.1) is 11.3 Å². The van der Waals surface area contributed by atoms with Crippen molar-refractivity contribution in [3.05, 3.63) is 16.1 Å². The van der Waals surface area contributed by atoms with Crippen molar-refractivity contribution in [3.8, 4) is 0 Å². The molecular formula is C13H21N3S. The Kier molecular flexibility index (Phi) is 3.19. The summed E-state index contributed by atoms with van der Waals surface area (Å²) < 4.78 is 0. The van der Waals surface area contributed by atoms with Crippen LogP contribution < -0.4 is 5.73 Å². The molecule has 1 saturated carbocycles. The average Bonchev–Trinajstić information content (AvgIpc) is 3.07. The minimum absolute atomic E-state index is 0.267. The van der Waals surface area contributed by atoms with E-state index in [4.69, 9.17) is 5.73 Å². The zero-order chi connectivity index (χ0) is 11.8. The first-order valence-corrected chi connectivity index (χ1v) is 7.57. The summed E-state index contributed by atoms with van der Waals surface area (Å²) in [5.74, 6) is 0. The number of thiazole rings is 1. The Morgan fingerprint density at radius 1 is 1.35 bits per heavy atom. The maximum atomic E-state index is 6.40. The molecule has 1 saturated heterocycles. The number of nitrogens with zero attached hydrogens (tertiary/aromatic N) is 2. The highest BCUT2D eigenvalue weighted by Gasteiger charge is 2.39. The summed E-state index contributed by atoms with van der Waals surface area (Å²) in [6.45, 7) is 3.28. The predicted molar refractivity (Wildman–Crippen MR) is 71.1 cm³/mol. The van der Waals surface area contributed by atoms with Gasteiger partial charge in [-0.3, -0.25) is 4.90 Å². The fraction of sp³-hybridized carbons (Fsp3) is 0.769. The number of likely N-dealkylation sites (tertiary alicyclic amines) is 1. The molecule has 2 fully saturated rings. The van der Waals surface area contributed by atoms with Gasteiger partial charge in [0.2, 0.25) is 0 Å². The van der Waals surface area contributed by atoms with E-state index in [9.17, 15) is 0 Å². The Morgan fingerprint density at radius 2 is 2.18 bits per heavy atom. The summed E-state index contributed by atoms with van der Waals surface area (Å²) >= 11 is 1.79. The molecule has 3 nitrogen and oxygen atoms in total. The van der Waals surface area contributed by atoms with E-state index >= 15 is 0 Å². The molecule has 2 N–H and O–H groups in total. The SMILES string of the molecule is Cc1csc(C2C(N)CCCCN2C2CC2)n1. The predicted octanol–water partition coefficient (Wildman–Crippen LogP) is 2.47. The van der Waals surface area contributed by atoms with Crippen LogP contribution in [0, 0.1) is 6.92 Å². The van der Waals surface area contributed by atoms with E-state index in [2.05, 4.69) is 22.2 Å². The highest BCUT2D eigenvalue weighted by molar-refractivity contribution is 7.09. The van der Waals surface area contributed by atoms with Crippen LogP contribution in [0.25, 0.3) is 0 Å². The first-order chi connectivity index (χ1) is 8.25. The molecule has 0 amide bonds. The van der Waals surface area contributed by atoms with Crippen LogP contribution in [0.4, 0.5) is 0 Å². The van der Waals surface area contributed by atoms with Crippen LogP contribution in [-0.2, 0) is 0 Å². The highest BCUT2D eigenvalue weighted by atomic mass is 32.1. The Labute approximate surface area is 107 Å². The molecule has 0 spiro atoms. The second kappa shape index (κ2) is 4.67. The van der Waals surface area contributed by atoms with Crippen LogP contribution in [0.15, 0.2) is 5.38 Å². The second-order valence-corrected chi connectivity index (χ2v) is 6.29. The Hall–Kier alpha value is -0.450. The highest BCUT2D eigenvalue weighted by Crippen LogP contribution is 2.39. The topological polar surface area (TPSA) is 42.1 Å². The molecule has 2 atom stereocenters. The molecule has 17 heavy (non-hydrogen) atoms. The van der Waals surface area contributed by atoms with Gasteiger partial charge in [0, 0.05) is 23.2 Å². The molecule has 1 aromatic rings. The number of aryl methyl sites for hydroxylation is 1. The fourth-order valence-corrected chi connectivity index (χ4v) is 3.86. The third kappa shape index (κ3) is 2.39. The number of rotatable bonds is 2. The fourth-order valence-electron chi connectivity index (χ4n) is 2.87. The van der Waals surface area contributed by atoms with Gasteiger partial charge in [0.25, 0.3) is 0 Å². The van der Waals surface area contributed by atoms with Gasteiger partial charge in [0.1, 0.15) is 5.01 Å². The van der Waals surface area contributed by atoms with Gasteiger partial charge in [-0.2, -0.15) is 0 Å². The van der Waals surface area contributed by atoms with Gasteiger partial charge in [-0.25, -0.2) is 4.98 Å². The van der Waals surface area contributed by atoms with Gasteiger partial charge in [-0.05, 0) is 39.2 Å².